The van der Waals surface area contributed by atoms with Crippen molar-refractivity contribution in [1.29, 1.82) is 0 Å². The number of unbranched alkanes of at least 4 members (excludes halogenated alkanes) is 1. The van der Waals surface area contributed by atoms with E-state index in [-0.39, 0.29) is 11.5 Å². The third kappa shape index (κ3) is 4.10. The fourth-order valence-corrected chi connectivity index (χ4v) is 3.43. The Labute approximate surface area is 148 Å². The van der Waals surface area contributed by atoms with Crippen LogP contribution < -0.4 is 5.56 Å². The average Bonchev–Trinajstić information content (AvgIpc) is 2.62. The maximum atomic E-state index is 12.4. The molecular weight excluding hydrogens is 314 g/mol. The van der Waals surface area contributed by atoms with Crippen LogP contribution >= 0.6 is 0 Å². The Morgan fingerprint density at radius 3 is 2.68 bits per heavy atom. The molecule has 0 spiro atoms. The van der Waals surface area contributed by atoms with Gasteiger partial charge >= 0.3 is 0 Å². The van der Waals surface area contributed by atoms with Gasteiger partial charge in [-0.25, -0.2) is 0 Å². The number of para-hydroxylation sites is 1. The van der Waals surface area contributed by atoms with E-state index in [2.05, 4.69) is 16.8 Å². The van der Waals surface area contributed by atoms with Crippen molar-refractivity contribution in [2.24, 2.45) is 0 Å². The van der Waals surface area contributed by atoms with E-state index in [0.29, 0.717) is 13.0 Å². The summed E-state index contributed by atoms with van der Waals surface area (Å²) >= 11 is 0. The first-order chi connectivity index (χ1) is 12.1. The Balaban J connectivity index is 1.64. The van der Waals surface area contributed by atoms with Crippen LogP contribution in [0.4, 0.5) is 0 Å². The Bertz CT molecular complexity index is 804. The number of benzene rings is 1. The molecule has 0 aliphatic carbocycles. The van der Waals surface area contributed by atoms with Gasteiger partial charge in [0.2, 0.25) is 5.91 Å². The Morgan fingerprint density at radius 1 is 1.20 bits per heavy atom. The number of carbonyl (C=O) groups excluding carboxylic acids is 1. The third-order valence-corrected chi connectivity index (χ3v) is 5.03. The molecular formula is C20H27N3O2. The van der Waals surface area contributed by atoms with Crippen LogP contribution in [0.5, 0.6) is 0 Å². The summed E-state index contributed by atoms with van der Waals surface area (Å²) in [4.78, 5) is 31.7. The topological polar surface area (TPSA) is 56.4 Å². The fraction of sp³-hybridized carbons (Fsp3) is 0.500. The predicted octanol–water partition coefficient (Wildman–Crippen LogP) is 2.67. The second-order valence-electron chi connectivity index (χ2n) is 6.92. The molecule has 1 saturated heterocycles. The number of fused-ring (bicyclic) bond motifs is 1. The number of pyridine rings is 1. The summed E-state index contributed by atoms with van der Waals surface area (Å²) in [5.41, 5.74) is 2.79. The number of nitrogens with zero attached hydrogens (tertiary/aromatic N) is 2. The van der Waals surface area contributed by atoms with Crippen LogP contribution in [-0.2, 0) is 11.3 Å². The molecule has 5 nitrogen and oxygen atoms in total. The molecule has 1 amide bonds. The molecule has 0 unspecified atom stereocenters. The summed E-state index contributed by atoms with van der Waals surface area (Å²) in [5, 5.41) is 1.07. The van der Waals surface area contributed by atoms with Gasteiger partial charge in [-0.15, -0.1) is 0 Å². The van der Waals surface area contributed by atoms with Crippen molar-refractivity contribution in [2.45, 2.75) is 39.7 Å². The van der Waals surface area contributed by atoms with E-state index in [1.54, 1.807) is 0 Å². The molecule has 1 N–H and O–H groups in total. The summed E-state index contributed by atoms with van der Waals surface area (Å²) in [5.74, 6) is 0.264. The van der Waals surface area contributed by atoms with Crippen molar-refractivity contribution in [3.8, 4) is 0 Å². The lowest BCUT2D eigenvalue weighted by Crippen LogP contribution is -2.48. The van der Waals surface area contributed by atoms with Gasteiger partial charge in [0.05, 0.1) is 5.52 Å². The molecule has 1 aromatic heterocycles. The maximum absolute atomic E-state index is 12.4. The molecule has 0 radical (unpaired) electrons. The minimum Gasteiger partial charge on any atom is -0.340 e. The van der Waals surface area contributed by atoms with Crippen molar-refractivity contribution in [3.63, 3.8) is 0 Å². The summed E-state index contributed by atoms with van der Waals surface area (Å²) in [6.07, 6.45) is 2.67. The Hall–Kier alpha value is -2.14. The van der Waals surface area contributed by atoms with Gasteiger partial charge in [-0.2, -0.15) is 0 Å². The second-order valence-corrected chi connectivity index (χ2v) is 6.92. The molecule has 25 heavy (non-hydrogen) atoms. The fourth-order valence-electron chi connectivity index (χ4n) is 3.43. The molecule has 5 heteroatoms. The molecule has 134 valence electrons. The molecule has 0 bridgehead atoms. The number of hydrogen-bond donors (Lipinski definition) is 1. The van der Waals surface area contributed by atoms with Gasteiger partial charge in [0, 0.05) is 44.7 Å². The molecule has 0 atom stereocenters. The van der Waals surface area contributed by atoms with Gasteiger partial charge in [0.15, 0.2) is 0 Å². The quantitative estimate of drug-likeness (QED) is 0.910. The summed E-state index contributed by atoms with van der Waals surface area (Å²) in [7, 11) is 0. The van der Waals surface area contributed by atoms with Gasteiger partial charge in [-0.1, -0.05) is 31.5 Å². The van der Waals surface area contributed by atoms with E-state index in [4.69, 9.17) is 0 Å². The number of aromatic nitrogens is 1. The van der Waals surface area contributed by atoms with Crippen molar-refractivity contribution in [2.75, 3.05) is 26.2 Å². The number of carbonyl (C=O) groups is 1. The number of aromatic amines is 1. The summed E-state index contributed by atoms with van der Waals surface area (Å²) < 4.78 is 0. The lowest BCUT2D eigenvalue weighted by Gasteiger charge is -2.34. The molecule has 0 saturated carbocycles. The zero-order chi connectivity index (χ0) is 17.8. The summed E-state index contributed by atoms with van der Waals surface area (Å²) in [6, 6.07) is 8.05. The molecule has 2 heterocycles. The highest BCUT2D eigenvalue weighted by molar-refractivity contribution is 5.81. The van der Waals surface area contributed by atoms with Crippen molar-refractivity contribution >= 4 is 16.8 Å². The highest BCUT2D eigenvalue weighted by atomic mass is 16.2. The highest BCUT2D eigenvalue weighted by Crippen LogP contribution is 2.16. The number of aryl methyl sites for hydroxylation is 1. The van der Waals surface area contributed by atoms with Gasteiger partial charge in [-0.05, 0) is 30.4 Å². The lowest BCUT2D eigenvalue weighted by molar-refractivity contribution is -0.133. The number of rotatable bonds is 5. The largest absolute Gasteiger partial charge is 0.340 e. The van der Waals surface area contributed by atoms with E-state index < -0.39 is 0 Å². The SMILES string of the molecule is CCCCC(=O)N1CCN(Cc2cc3cccc(C)c3[nH]c2=O)CC1. The van der Waals surface area contributed by atoms with Crippen LogP contribution in [0.3, 0.4) is 0 Å². The van der Waals surface area contributed by atoms with Crippen molar-refractivity contribution in [3.05, 3.63) is 45.7 Å². The number of hydrogen-bond acceptors (Lipinski definition) is 3. The van der Waals surface area contributed by atoms with Crippen LogP contribution in [0, 0.1) is 6.92 Å². The van der Waals surface area contributed by atoms with Crippen molar-refractivity contribution < 1.29 is 4.79 Å². The second kappa shape index (κ2) is 7.83. The Morgan fingerprint density at radius 2 is 1.96 bits per heavy atom. The zero-order valence-electron chi connectivity index (χ0n) is 15.2. The first kappa shape index (κ1) is 17.7. The maximum Gasteiger partial charge on any atom is 0.252 e. The molecule has 2 aromatic rings. The van der Waals surface area contributed by atoms with E-state index in [0.717, 1.165) is 61.1 Å². The standard InChI is InChI=1S/C20H27N3O2/c1-3-4-8-18(24)23-11-9-22(10-12-23)14-17-13-16-7-5-6-15(2)19(16)21-20(17)25/h5-7,13H,3-4,8-12,14H2,1-2H3,(H,21,25). The summed E-state index contributed by atoms with van der Waals surface area (Å²) in [6.45, 7) is 7.91. The predicted molar refractivity (Wildman–Crippen MR) is 101 cm³/mol. The van der Waals surface area contributed by atoms with Gasteiger partial charge in [0.1, 0.15) is 0 Å². The minimum absolute atomic E-state index is 0.0109. The van der Waals surface area contributed by atoms with Crippen LogP contribution in [0.15, 0.2) is 29.1 Å². The normalized spacial score (nSPS) is 15.7. The van der Waals surface area contributed by atoms with E-state index in [1.807, 2.05) is 36.1 Å². The van der Waals surface area contributed by atoms with Gasteiger partial charge in [-0.3, -0.25) is 14.5 Å². The molecule has 3 rings (SSSR count). The van der Waals surface area contributed by atoms with Crippen molar-refractivity contribution in [1.82, 2.24) is 14.8 Å². The Kier molecular flexibility index (Phi) is 5.53. The van der Waals surface area contributed by atoms with Crippen LogP contribution in [0.25, 0.3) is 10.9 Å². The lowest BCUT2D eigenvalue weighted by atomic mass is 10.1. The first-order valence-electron chi connectivity index (χ1n) is 9.20. The third-order valence-electron chi connectivity index (χ3n) is 5.03. The zero-order valence-corrected chi connectivity index (χ0v) is 15.2. The number of amides is 1. The number of H-pyrrole nitrogens is 1. The van der Waals surface area contributed by atoms with E-state index >= 15 is 0 Å². The number of nitrogens with one attached hydrogen (secondary N) is 1. The highest BCUT2D eigenvalue weighted by Gasteiger charge is 2.21. The monoisotopic (exact) mass is 341 g/mol. The average molecular weight is 341 g/mol. The van der Waals surface area contributed by atoms with E-state index in [1.165, 1.54) is 0 Å². The molecule has 1 fully saturated rings. The molecule has 1 aliphatic heterocycles. The number of piperazine rings is 1. The smallest absolute Gasteiger partial charge is 0.252 e. The minimum atomic E-state index is -0.0109. The van der Waals surface area contributed by atoms with Gasteiger partial charge < -0.3 is 9.88 Å². The van der Waals surface area contributed by atoms with Gasteiger partial charge in [0.25, 0.3) is 5.56 Å². The van der Waals surface area contributed by atoms with Crippen LogP contribution in [-0.4, -0.2) is 46.9 Å². The van der Waals surface area contributed by atoms with Crippen LogP contribution in [0.1, 0.15) is 37.3 Å². The molecule has 1 aliphatic rings. The molecule has 1 aromatic carbocycles. The first-order valence-corrected chi connectivity index (χ1v) is 9.20. The van der Waals surface area contributed by atoms with Crippen LogP contribution in [0.2, 0.25) is 0 Å². The van der Waals surface area contributed by atoms with E-state index in [9.17, 15) is 9.59 Å².